The molecule has 0 radical (unpaired) electrons. The lowest BCUT2D eigenvalue weighted by atomic mass is 9.74. The van der Waals surface area contributed by atoms with Gasteiger partial charge in [0.25, 0.3) is 0 Å². The van der Waals surface area contributed by atoms with E-state index < -0.39 is 23.7 Å². The summed E-state index contributed by atoms with van der Waals surface area (Å²) in [5.41, 5.74) is -0.980. The van der Waals surface area contributed by atoms with Crippen molar-refractivity contribution in [1.82, 2.24) is 4.90 Å². The molecule has 1 spiro atoms. The lowest BCUT2D eigenvalue weighted by molar-refractivity contribution is -0.148. The Labute approximate surface area is 119 Å². The van der Waals surface area contributed by atoms with E-state index in [4.69, 9.17) is 9.47 Å². The first kappa shape index (κ1) is 15.1. The molecule has 1 amide bonds. The first-order valence-corrected chi connectivity index (χ1v) is 7.05. The maximum Gasteiger partial charge on any atom is 0.411 e. The van der Waals surface area contributed by atoms with Gasteiger partial charge in [-0.05, 0) is 40.0 Å². The van der Waals surface area contributed by atoms with Crippen LogP contribution in [0.5, 0.6) is 0 Å². The summed E-state index contributed by atoms with van der Waals surface area (Å²) in [6, 6.07) is -0.804. The van der Waals surface area contributed by atoms with Crippen LogP contribution in [0.4, 0.5) is 4.79 Å². The molecule has 2 fully saturated rings. The van der Waals surface area contributed by atoms with Crippen LogP contribution in [0.3, 0.4) is 0 Å². The molecule has 0 aromatic rings. The number of carbonyl (C=O) groups is 2. The molecular formula is C14H23NO5. The smallest absolute Gasteiger partial charge is 0.411 e. The molecule has 6 heteroatoms. The predicted octanol–water partition coefficient (Wildman–Crippen LogP) is 1.88. The van der Waals surface area contributed by atoms with Gasteiger partial charge in [0.1, 0.15) is 11.6 Å². The van der Waals surface area contributed by atoms with Gasteiger partial charge in [0.15, 0.2) is 0 Å². The van der Waals surface area contributed by atoms with Crippen molar-refractivity contribution in [1.29, 1.82) is 0 Å². The van der Waals surface area contributed by atoms with E-state index in [1.165, 1.54) is 4.90 Å². The quantitative estimate of drug-likeness (QED) is 0.796. The van der Waals surface area contributed by atoms with Gasteiger partial charge in [-0.3, -0.25) is 4.90 Å². The molecule has 1 N–H and O–H groups in total. The topological polar surface area (TPSA) is 76.1 Å². The van der Waals surface area contributed by atoms with Crippen LogP contribution in [0.15, 0.2) is 0 Å². The highest BCUT2D eigenvalue weighted by Gasteiger charge is 2.54. The number of amides is 1. The van der Waals surface area contributed by atoms with Gasteiger partial charge < -0.3 is 14.6 Å². The van der Waals surface area contributed by atoms with Crippen LogP contribution in [0.1, 0.15) is 40.0 Å². The lowest BCUT2D eigenvalue weighted by Gasteiger charge is -2.38. The summed E-state index contributed by atoms with van der Waals surface area (Å²) in [4.78, 5) is 25.3. The lowest BCUT2D eigenvalue weighted by Crippen LogP contribution is -2.51. The minimum Gasteiger partial charge on any atom is -0.480 e. The van der Waals surface area contributed by atoms with Crippen molar-refractivity contribution in [3.05, 3.63) is 0 Å². The highest BCUT2D eigenvalue weighted by Crippen LogP contribution is 2.45. The van der Waals surface area contributed by atoms with Crippen LogP contribution in [0, 0.1) is 5.41 Å². The minimum atomic E-state index is -0.949. The van der Waals surface area contributed by atoms with Crippen molar-refractivity contribution in [2.75, 3.05) is 19.8 Å². The normalized spacial score (nSPS) is 25.8. The van der Waals surface area contributed by atoms with E-state index in [1.807, 2.05) is 0 Å². The van der Waals surface area contributed by atoms with Gasteiger partial charge in [0.2, 0.25) is 0 Å². The summed E-state index contributed by atoms with van der Waals surface area (Å²) < 4.78 is 10.7. The Balaban J connectivity index is 2.18. The molecule has 2 rings (SSSR count). The fourth-order valence-corrected chi connectivity index (χ4v) is 3.15. The molecule has 114 valence electrons. The monoisotopic (exact) mass is 285 g/mol. The van der Waals surface area contributed by atoms with Gasteiger partial charge in [-0.25, -0.2) is 9.59 Å². The zero-order valence-corrected chi connectivity index (χ0v) is 12.3. The number of hydrogen-bond acceptors (Lipinski definition) is 4. The number of carboxylic acids is 1. The molecular weight excluding hydrogens is 262 g/mol. The van der Waals surface area contributed by atoms with Crippen LogP contribution in [-0.4, -0.2) is 53.5 Å². The zero-order valence-electron chi connectivity index (χ0n) is 12.3. The molecule has 0 aliphatic carbocycles. The van der Waals surface area contributed by atoms with Gasteiger partial charge >= 0.3 is 12.1 Å². The number of carbonyl (C=O) groups excluding carboxylic acids is 1. The van der Waals surface area contributed by atoms with E-state index in [1.54, 1.807) is 20.8 Å². The van der Waals surface area contributed by atoms with Gasteiger partial charge in [-0.2, -0.15) is 0 Å². The van der Waals surface area contributed by atoms with Gasteiger partial charge in [-0.15, -0.1) is 0 Å². The SMILES string of the molecule is CC(C)(C)OC(=O)N1CCC2(CCOCC2)C1C(=O)O. The maximum absolute atomic E-state index is 12.2. The van der Waals surface area contributed by atoms with Gasteiger partial charge in [0, 0.05) is 25.2 Å². The molecule has 6 nitrogen and oxygen atoms in total. The molecule has 1 unspecified atom stereocenters. The Hall–Kier alpha value is -1.30. The predicted molar refractivity (Wildman–Crippen MR) is 71.5 cm³/mol. The molecule has 2 heterocycles. The second-order valence-electron chi connectivity index (χ2n) is 6.64. The zero-order chi connectivity index (χ0) is 15.0. The summed E-state index contributed by atoms with van der Waals surface area (Å²) in [6.45, 7) is 6.90. The molecule has 0 aromatic carbocycles. The average molecular weight is 285 g/mol. The van der Waals surface area contributed by atoms with Crippen molar-refractivity contribution in [3.63, 3.8) is 0 Å². The Kier molecular flexibility index (Phi) is 3.95. The molecule has 1 atom stereocenters. The largest absolute Gasteiger partial charge is 0.480 e. The van der Waals surface area contributed by atoms with E-state index in [0.717, 1.165) is 0 Å². The number of nitrogens with zero attached hydrogens (tertiary/aromatic N) is 1. The number of ether oxygens (including phenoxy) is 2. The van der Waals surface area contributed by atoms with Crippen LogP contribution in [0.25, 0.3) is 0 Å². The number of hydrogen-bond donors (Lipinski definition) is 1. The van der Waals surface area contributed by atoms with Crippen molar-refractivity contribution in [2.24, 2.45) is 5.41 Å². The standard InChI is InChI=1S/C14H23NO5/c1-13(2,3)20-12(18)15-7-4-14(10(15)11(16)17)5-8-19-9-6-14/h10H,4-9H2,1-3H3,(H,16,17). The average Bonchev–Trinajstić information content (AvgIpc) is 2.67. The second-order valence-corrected chi connectivity index (χ2v) is 6.64. The molecule has 0 bridgehead atoms. The Morgan fingerprint density at radius 2 is 1.85 bits per heavy atom. The second kappa shape index (κ2) is 5.24. The van der Waals surface area contributed by atoms with Gasteiger partial charge in [-0.1, -0.05) is 0 Å². The highest BCUT2D eigenvalue weighted by atomic mass is 16.6. The van der Waals surface area contributed by atoms with Crippen LogP contribution < -0.4 is 0 Å². The van der Waals surface area contributed by atoms with E-state index in [2.05, 4.69) is 0 Å². The third-order valence-electron chi connectivity index (χ3n) is 4.09. The molecule has 0 saturated carbocycles. The summed E-state index contributed by atoms with van der Waals surface area (Å²) in [6.07, 6.45) is 1.53. The maximum atomic E-state index is 12.2. The van der Waals surface area contributed by atoms with Gasteiger partial charge in [0.05, 0.1) is 0 Å². The third kappa shape index (κ3) is 2.90. The van der Waals surface area contributed by atoms with Crippen molar-refractivity contribution < 1.29 is 24.2 Å². The Morgan fingerprint density at radius 1 is 1.25 bits per heavy atom. The number of likely N-dealkylation sites (tertiary alicyclic amines) is 1. The highest BCUT2D eigenvalue weighted by molar-refractivity contribution is 5.82. The molecule has 20 heavy (non-hydrogen) atoms. The van der Waals surface area contributed by atoms with Crippen LogP contribution in [-0.2, 0) is 14.3 Å². The first-order chi connectivity index (χ1) is 9.25. The van der Waals surface area contributed by atoms with E-state index in [0.29, 0.717) is 39.0 Å². The van der Waals surface area contributed by atoms with Crippen molar-refractivity contribution >= 4 is 12.1 Å². The molecule has 0 aromatic heterocycles. The molecule has 2 aliphatic heterocycles. The fourth-order valence-electron chi connectivity index (χ4n) is 3.15. The third-order valence-corrected chi connectivity index (χ3v) is 4.09. The van der Waals surface area contributed by atoms with E-state index in [-0.39, 0.29) is 5.41 Å². The van der Waals surface area contributed by atoms with E-state index in [9.17, 15) is 14.7 Å². The van der Waals surface area contributed by atoms with Crippen molar-refractivity contribution in [2.45, 2.75) is 51.7 Å². The number of rotatable bonds is 1. The van der Waals surface area contributed by atoms with E-state index >= 15 is 0 Å². The molecule has 2 saturated heterocycles. The van der Waals surface area contributed by atoms with Crippen molar-refractivity contribution in [3.8, 4) is 0 Å². The minimum absolute atomic E-state index is 0.360. The fraction of sp³-hybridized carbons (Fsp3) is 0.857. The van der Waals surface area contributed by atoms with Crippen LogP contribution in [0.2, 0.25) is 0 Å². The molecule has 2 aliphatic rings. The Morgan fingerprint density at radius 3 is 2.35 bits per heavy atom. The Bertz CT molecular complexity index is 395. The van der Waals surface area contributed by atoms with Crippen LogP contribution >= 0.6 is 0 Å². The summed E-state index contributed by atoms with van der Waals surface area (Å²) >= 11 is 0. The summed E-state index contributed by atoms with van der Waals surface area (Å²) in [5, 5.41) is 9.56. The summed E-state index contributed by atoms with van der Waals surface area (Å²) in [7, 11) is 0. The number of carboxylic acid groups (broad SMARTS) is 1. The number of aliphatic carboxylic acids is 1. The summed E-state index contributed by atoms with van der Waals surface area (Å²) in [5.74, 6) is -0.949. The first-order valence-electron chi connectivity index (χ1n) is 7.05.